The van der Waals surface area contributed by atoms with E-state index in [9.17, 15) is 19.5 Å². The summed E-state index contributed by atoms with van der Waals surface area (Å²) in [6, 6.07) is -0.913. The maximum atomic E-state index is 13.7. The Morgan fingerprint density at radius 1 is 1.10 bits per heavy atom. The van der Waals surface area contributed by atoms with E-state index in [2.05, 4.69) is 6.92 Å². The molecule has 2 amide bonds. The van der Waals surface area contributed by atoms with Crippen LogP contribution < -0.4 is 0 Å². The van der Waals surface area contributed by atoms with Gasteiger partial charge in [0.15, 0.2) is 0 Å². The molecule has 0 radical (unpaired) electrons. The normalized spacial score (nSPS) is 37.1. The zero-order chi connectivity index (χ0) is 22.2. The first-order valence-corrected chi connectivity index (χ1v) is 11.3. The molecule has 4 rings (SSSR count). The molecule has 0 aliphatic carbocycles. The van der Waals surface area contributed by atoms with Crippen molar-refractivity contribution in [2.24, 2.45) is 11.8 Å². The first kappa shape index (κ1) is 22.0. The van der Waals surface area contributed by atoms with Crippen molar-refractivity contribution in [1.82, 2.24) is 9.80 Å². The van der Waals surface area contributed by atoms with Crippen LogP contribution in [0.1, 0.15) is 39.5 Å². The predicted molar refractivity (Wildman–Crippen MR) is 112 cm³/mol. The summed E-state index contributed by atoms with van der Waals surface area (Å²) < 4.78 is 12.0. The van der Waals surface area contributed by atoms with E-state index in [1.165, 1.54) is 4.90 Å². The molecule has 0 aromatic carbocycles. The van der Waals surface area contributed by atoms with Crippen LogP contribution in [-0.2, 0) is 23.9 Å². The second kappa shape index (κ2) is 8.39. The van der Waals surface area contributed by atoms with E-state index >= 15 is 0 Å². The van der Waals surface area contributed by atoms with Gasteiger partial charge in [0.05, 0.1) is 24.7 Å². The number of β-amino-alcohol motifs (C(OH)–C–C–N with tert-alkyl or cyclic N) is 1. The van der Waals surface area contributed by atoms with E-state index < -0.39 is 35.0 Å². The van der Waals surface area contributed by atoms with E-state index in [4.69, 9.17) is 9.47 Å². The average Bonchev–Trinajstić information content (AvgIpc) is 3.04. The first-order chi connectivity index (χ1) is 14.9. The van der Waals surface area contributed by atoms with Gasteiger partial charge in [0, 0.05) is 19.6 Å². The van der Waals surface area contributed by atoms with Crippen molar-refractivity contribution in [3.63, 3.8) is 0 Å². The van der Waals surface area contributed by atoms with Gasteiger partial charge in [0.2, 0.25) is 11.8 Å². The van der Waals surface area contributed by atoms with Crippen LogP contribution in [0.5, 0.6) is 0 Å². The van der Waals surface area contributed by atoms with Crippen LogP contribution in [0.3, 0.4) is 0 Å². The smallest absolute Gasteiger partial charge is 0.313 e. The van der Waals surface area contributed by atoms with Gasteiger partial charge in [-0.2, -0.15) is 0 Å². The van der Waals surface area contributed by atoms with E-state index in [1.807, 2.05) is 24.3 Å². The molecule has 5 atom stereocenters. The number of aliphatic hydroxyl groups excluding tert-OH is 1. The number of esters is 1. The molecule has 1 N–H and O–H groups in total. The van der Waals surface area contributed by atoms with Crippen molar-refractivity contribution >= 4 is 17.8 Å². The van der Waals surface area contributed by atoms with Crippen molar-refractivity contribution in [1.29, 1.82) is 0 Å². The van der Waals surface area contributed by atoms with Crippen LogP contribution >= 0.6 is 0 Å². The number of amides is 2. The molecular weight excluding hydrogens is 400 g/mol. The van der Waals surface area contributed by atoms with E-state index in [0.29, 0.717) is 19.5 Å². The van der Waals surface area contributed by atoms with Crippen molar-refractivity contribution in [2.45, 2.75) is 56.8 Å². The molecule has 0 bridgehead atoms. The fraction of sp³-hybridized carbons (Fsp3) is 0.696. The lowest BCUT2D eigenvalue weighted by atomic mass is 9.74. The Hall–Kier alpha value is -2.19. The van der Waals surface area contributed by atoms with Gasteiger partial charge < -0.3 is 24.4 Å². The van der Waals surface area contributed by atoms with E-state index in [0.717, 1.165) is 19.3 Å². The van der Waals surface area contributed by atoms with Crippen molar-refractivity contribution in [3.05, 3.63) is 24.3 Å². The van der Waals surface area contributed by atoms with Gasteiger partial charge in [0.25, 0.3) is 0 Å². The number of carbonyl (C=O) groups excluding carboxylic acids is 3. The highest BCUT2D eigenvalue weighted by Gasteiger charge is 2.74. The SMILES string of the molecule is CCCCCN1CC=C[C@]23O[C@]4(C)C=CCCOC(=O)[C@@H]4[C@H]2C(=O)N(CCO)C3C1=O. The van der Waals surface area contributed by atoms with Gasteiger partial charge in [-0.05, 0) is 19.8 Å². The Balaban J connectivity index is 1.78. The number of likely N-dealkylation sites (tertiary alicyclic amines) is 1. The van der Waals surface area contributed by atoms with Gasteiger partial charge in [-0.1, -0.05) is 44.1 Å². The van der Waals surface area contributed by atoms with Crippen LogP contribution in [0.25, 0.3) is 0 Å². The highest BCUT2D eigenvalue weighted by molar-refractivity contribution is 5.99. The number of rotatable bonds is 6. The summed E-state index contributed by atoms with van der Waals surface area (Å²) in [5.41, 5.74) is -2.32. The number of fused-ring (bicyclic) bond motifs is 2. The number of nitrogens with zero attached hydrogens (tertiary/aromatic N) is 2. The largest absolute Gasteiger partial charge is 0.465 e. The number of hydrogen-bond donors (Lipinski definition) is 1. The maximum absolute atomic E-state index is 13.7. The van der Waals surface area contributed by atoms with Crippen LogP contribution in [0.2, 0.25) is 0 Å². The number of aliphatic hydroxyl groups is 1. The van der Waals surface area contributed by atoms with Gasteiger partial charge >= 0.3 is 5.97 Å². The summed E-state index contributed by atoms with van der Waals surface area (Å²) >= 11 is 0. The number of carbonyl (C=O) groups is 3. The lowest BCUT2D eigenvalue weighted by Crippen LogP contribution is -2.56. The standard InChI is InChI=1S/C23H32N2O6/c1-3-4-6-11-24-12-8-10-23-16(19(27)25(13-14-26)18(23)20(24)28)17-21(29)30-15-7-5-9-22(17,2)31-23/h5,8-10,16-18,26H,3-4,6-7,11-15H2,1-2H3/t16-,17-,18?,22+,23-/m0/s1. The third-order valence-electron chi connectivity index (χ3n) is 6.98. The minimum absolute atomic E-state index is 0.0157. The molecule has 1 unspecified atom stereocenters. The molecule has 0 aromatic heterocycles. The molecule has 8 nitrogen and oxygen atoms in total. The third-order valence-corrected chi connectivity index (χ3v) is 6.98. The molecule has 4 heterocycles. The summed E-state index contributed by atoms with van der Waals surface area (Å²) in [6.07, 6.45) is 10.9. The second-order valence-corrected chi connectivity index (χ2v) is 9.00. The molecule has 8 heteroatoms. The van der Waals surface area contributed by atoms with Crippen LogP contribution in [0.15, 0.2) is 24.3 Å². The van der Waals surface area contributed by atoms with E-state index in [1.54, 1.807) is 11.8 Å². The Morgan fingerprint density at radius 3 is 2.65 bits per heavy atom. The molecule has 31 heavy (non-hydrogen) atoms. The monoisotopic (exact) mass is 432 g/mol. The molecule has 1 spiro atoms. The molecule has 4 aliphatic heterocycles. The Morgan fingerprint density at radius 2 is 1.90 bits per heavy atom. The summed E-state index contributed by atoms with van der Waals surface area (Å²) in [7, 11) is 0. The van der Waals surface area contributed by atoms with Crippen molar-refractivity contribution in [3.8, 4) is 0 Å². The topological polar surface area (TPSA) is 96.4 Å². The number of cyclic esters (lactones) is 1. The van der Waals surface area contributed by atoms with Crippen LogP contribution in [0.4, 0.5) is 0 Å². The fourth-order valence-corrected chi connectivity index (χ4v) is 5.64. The number of ether oxygens (including phenoxy) is 2. The minimum Gasteiger partial charge on any atom is -0.465 e. The molecule has 4 aliphatic rings. The molecule has 0 aromatic rings. The Labute approximate surface area is 182 Å². The summed E-state index contributed by atoms with van der Waals surface area (Å²) in [5, 5.41) is 9.63. The van der Waals surface area contributed by atoms with Gasteiger partial charge in [-0.15, -0.1) is 0 Å². The molecule has 2 saturated heterocycles. The molecule has 2 fully saturated rings. The van der Waals surface area contributed by atoms with Gasteiger partial charge in [-0.3, -0.25) is 14.4 Å². The summed E-state index contributed by atoms with van der Waals surface area (Å²) in [5.74, 6) is -2.74. The predicted octanol–water partition coefficient (Wildman–Crippen LogP) is 1.04. The first-order valence-electron chi connectivity index (χ1n) is 11.3. The summed E-state index contributed by atoms with van der Waals surface area (Å²) in [4.78, 5) is 43.5. The lowest BCUT2D eigenvalue weighted by Gasteiger charge is -2.37. The molecule has 170 valence electrons. The average molecular weight is 433 g/mol. The van der Waals surface area contributed by atoms with Gasteiger partial charge in [-0.25, -0.2) is 0 Å². The zero-order valence-electron chi connectivity index (χ0n) is 18.3. The third kappa shape index (κ3) is 3.40. The van der Waals surface area contributed by atoms with Crippen LogP contribution in [0, 0.1) is 11.8 Å². The van der Waals surface area contributed by atoms with E-state index in [-0.39, 0.29) is 31.6 Å². The number of hydrogen-bond acceptors (Lipinski definition) is 6. The highest BCUT2D eigenvalue weighted by atomic mass is 16.6. The number of unbranched alkanes of at least 4 members (excludes halogenated alkanes) is 2. The second-order valence-electron chi connectivity index (χ2n) is 9.00. The Bertz CT molecular complexity index is 810. The Kier molecular flexibility index (Phi) is 5.96. The van der Waals surface area contributed by atoms with Crippen molar-refractivity contribution < 1.29 is 29.0 Å². The van der Waals surface area contributed by atoms with Crippen LogP contribution in [-0.4, -0.2) is 82.8 Å². The molecule has 0 saturated carbocycles. The quantitative estimate of drug-likeness (QED) is 0.383. The fourth-order valence-electron chi connectivity index (χ4n) is 5.64. The highest BCUT2D eigenvalue weighted by Crippen LogP contribution is 2.57. The zero-order valence-corrected chi connectivity index (χ0v) is 18.3. The summed E-state index contributed by atoms with van der Waals surface area (Å²) in [6.45, 7) is 4.91. The molecular formula is C23H32N2O6. The van der Waals surface area contributed by atoms with Gasteiger partial charge in [0.1, 0.15) is 17.6 Å². The lowest BCUT2D eigenvalue weighted by molar-refractivity contribution is -0.160. The minimum atomic E-state index is -1.27. The maximum Gasteiger partial charge on any atom is 0.313 e. The van der Waals surface area contributed by atoms with Crippen molar-refractivity contribution in [2.75, 3.05) is 32.8 Å².